The lowest BCUT2D eigenvalue weighted by atomic mass is 10.1. The maximum atomic E-state index is 12.5. The van der Waals surface area contributed by atoms with Gasteiger partial charge in [0.15, 0.2) is 0 Å². The topological polar surface area (TPSA) is 47.9 Å². The number of ether oxygens (including phenoxy) is 2. The molecule has 0 bridgehead atoms. The molecule has 1 aliphatic heterocycles. The minimum absolute atomic E-state index is 0.191. The van der Waals surface area contributed by atoms with Gasteiger partial charge in [0.05, 0.1) is 12.7 Å². The molecule has 1 atom stereocenters. The summed E-state index contributed by atoms with van der Waals surface area (Å²) in [6, 6.07) is 4.51. The van der Waals surface area contributed by atoms with E-state index in [4.69, 9.17) is 4.74 Å². The summed E-state index contributed by atoms with van der Waals surface area (Å²) in [6.07, 6.45) is -3.78. The van der Waals surface area contributed by atoms with Crippen LogP contribution in [0.4, 0.5) is 13.2 Å². The van der Waals surface area contributed by atoms with Crippen molar-refractivity contribution in [2.24, 2.45) is 4.99 Å². The molecule has 0 aromatic heterocycles. The smallest absolute Gasteiger partial charge is 0.416 e. The van der Waals surface area contributed by atoms with Crippen LogP contribution >= 0.6 is 0 Å². The lowest BCUT2D eigenvalue weighted by molar-refractivity contribution is -0.149. The summed E-state index contributed by atoms with van der Waals surface area (Å²) in [7, 11) is 1.26. The van der Waals surface area contributed by atoms with Gasteiger partial charge in [-0.3, -0.25) is 0 Å². The zero-order chi connectivity index (χ0) is 15.3. The number of rotatable bonds is 2. The average Bonchev–Trinajstić information content (AvgIpc) is 3.10. The zero-order valence-corrected chi connectivity index (χ0v) is 11.1. The van der Waals surface area contributed by atoms with E-state index in [2.05, 4.69) is 9.73 Å². The van der Waals surface area contributed by atoms with Crippen molar-refractivity contribution in [1.29, 1.82) is 0 Å². The number of carbonyl (C=O) groups excluding carboxylic acids is 1. The second-order valence-electron chi connectivity index (χ2n) is 5.12. The molecule has 2 aliphatic rings. The molecule has 1 aromatic rings. The molecule has 0 radical (unpaired) electrons. The van der Waals surface area contributed by atoms with Crippen molar-refractivity contribution in [3.8, 4) is 0 Å². The first-order valence-corrected chi connectivity index (χ1v) is 6.38. The molecule has 1 fully saturated rings. The van der Waals surface area contributed by atoms with Crippen molar-refractivity contribution in [2.45, 2.75) is 30.7 Å². The summed E-state index contributed by atoms with van der Waals surface area (Å²) in [6.45, 7) is 0. The highest BCUT2D eigenvalue weighted by Gasteiger charge is 2.59. The number of methoxy groups -OCH3 is 1. The Balaban J connectivity index is 1.84. The van der Waals surface area contributed by atoms with Crippen LogP contribution in [0.1, 0.15) is 24.0 Å². The lowest BCUT2D eigenvalue weighted by Gasteiger charge is -2.13. The van der Waals surface area contributed by atoms with Crippen molar-refractivity contribution in [1.82, 2.24) is 0 Å². The number of hydrogen-bond acceptors (Lipinski definition) is 4. The van der Waals surface area contributed by atoms with Gasteiger partial charge in [-0.1, -0.05) is 0 Å². The molecule has 1 unspecified atom stereocenters. The minimum Gasteiger partial charge on any atom is -0.466 e. The van der Waals surface area contributed by atoms with Gasteiger partial charge in [-0.25, -0.2) is 9.79 Å². The second-order valence-corrected chi connectivity index (χ2v) is 5.12. The number of nitrogens with zero attached hydrogens (tertiary/aromatic N) is 1. The van der Waals surface area contributed by atoms with Crippen molar-refractivity contribution < 1.29 is 27.4 Å². The number of aliphatic imine (C=N–C) groups is 1. The zero-order valence-electron chi connectivity index (χ0n) is 11.1. The predicted molar refractivity (Wildman–Crippen MR) is 66.8 cm³/mol. The van der Waals surface area contributed by atoms with Gasteiger partial charge < -0.3 is 9.47 Å². The molecule has 21 heavy (non-hydrogen) atoms. The molecule has 1 saturated carbocycles. The van der Waals surface area contributed by atoms with Gasteiger partial charge >= 0.3 is 12.1 Å². The Morgan fingerprint density at radius 1 is 1.33 bits per heavy atom. The molecule has 7 heteroatoms. The minimum atomic E-state index is -4.39. The number of benzene rings is 1. The van der Waals surface area contributed by atoms with Gasteiger partial charge in [0, 0.05) is 5.56 Å². The SMILES string of the molecule is COC(=O)C1OC(c2ccc(C(F)(F)F)cc2)=NC12CC2. The fourth-order valence-corrected chi connectivity index (χ4v) is 2.32. The van der Waals surface area contributed by atoms with Gasteiger partial charge in [-0.2, -0.15) is 13.2 Å². The highest BCUT2D eigenvalue weighted by atomic mass is 19.4. The summed E-state index contributed by atoms with van der Waals surface area (Å²) in [5.41, 5.74) is -0.915. The highest BCUT2D eigenvalue weighted by Crippen LogP contribution is 2.48. The van der Waals surface area contributed by atoms with Crippen LogP contribution in [0.5, 0.6) is 0 Å². The van der Waals surface area contributed by atoms with Crippen LogP contribution in [0.25, 0.3) is 0 Å². The highest BCUT2D eigenvalue weighted by molar-refractivity contribution is 5.99. The number of carbonyl (C=O) groups is 1. The van der Waals surface area contributed by atoms with Crippen LogP contribution in [0.3, 0.4) is 0 Å². The number of hydrogen-bond donors (Lipinski definition) is 0. The molecule has 0 N–H and O–H groups in total. The third-order valence-electron chi connectivity index (χ3n) is 3.68. The predicted octanol–water partition coefficient (Wildman–Crippen LogP) is 2.56. The van der Waals surface area contributed by atoms with Crippen LogP contribution in [-0.4, -0.2) is 30.6 Å². The monoisotopic (exact) mass is 299 g/mol. The van der Waals surface area contributed by atoms with Crippen LogP contribution in [0, 0.1) is 0 Å². The molecule has 3 rings (SSSR count). The Bertz CT molecular complexity index is 603. The van der Waals surface area contributed by atoms with Crippen LogP contribution in [0.15, 0.2) is 29.3 Å². The fraction of sp³-hybridized carbons (Fsp3) is 0.429. The number of halogens is 3. The molecular formula is C14H12F3NO3. The van der Waals surface area contributed by atoms with Crippen molar-refractivity contribution in [3.63, 3.8) is 0 Å². The molecule has 0 saturated heterocycles. The maximum absolute atomic E-state index is 12.5. The Labute approximate surface area is 118 Å². The van der Waals surface area contributed by atoms with Gasteiger partial charge in [-0.15, -0.1) is 0 Å². The van der Waals surface area contributed by atoms with E-state index in [1.807, 2.05) is 0 Å². The van der Waals surface area contributed by atoms with E-state index in [0.29, 0.717) is 18.4 Å². The number of alkyl halides is 3. The largest absolute Gasteiger partial charge is 0.466 e. The van der Waals surface area contributed by atoms with Crippen LogP contribution in [-0.2, 0) is 20.4 Å². The van der Waals surface area contributed by atoms with E-state index in [9.17, 15) is 18.0 Å². The quantitative estimate of drug-likeness (QED) is 0.789. The third-order valence-corrected chi connectivity index (χ3v) is 3.68. The molecule has 4 nitrogen and oxygen atoms in total. The Morgan fingerprint density at radius 3 is 2.43 bits per heavy atom. The lowest BCUT2D eigenvalue weighted by Crippen LogP contribution is -2.34. The van der Waals surface area contributed by atoms with Gasteiger partial charge in [0.2, 0.25) is 12.0 Å². The third kappa shape index (κ3) is 2.36. The van der Waals surface area contributed by atoms with Crippen molar-refractivity contribution >= 4 is 11.9 Å². The summed E-state index contributed by atoms with van der Waals surface area (Å²) in [5.74, 6) is -0.324. The number of esters is 1. The van der Waals surface area contributed by atoms with E-state index in [1.54, 1.807) is 0 Å². The van der Waals surface area contributed by atoms with E-state index in [1.165, 1.54) is 19.2 Å². The Kier molecular flexibility index (Phi) is 2.96. The summed E-state index contributed by atoms with van der Waals surface area (Å²) in [4.78, 5) is 16.0. The van der Waals surface area contributed by atoms with E-state index in [-0.39, 0.29) is 5.90 Å². The Hall–Kier alpha value is -2.05. The molecule has 1 aliphatic carbocycles. The van der Waals surface area contributed by atoms with Gasteiger partial charge in [-0.05, 0) is 37.1 Å². The molecule has 0 amide bonds. The van der Waals surface area contributed by atoms with Crippen molar-refractivity contribution in [3.05, 3.63) is 35.4 Å². The molecule has 1 heterocycles. The summed E-state index contributed by atoms with van der Waals surface area (Å²) >= 11 is 0. The standard InChI is InChI=1S/C14H12F3NO3/c1-20-12(19)10-13(6-7-13)18-11(21-10)8-2-4-9(5-3-8)14(15,16)17/h2-5,10H,6-7H2,1H3. The Morgan fingerprint density at radius 2 is 1.95 bits per heavy atom. The van der Waals surface area contributed by atoms with Crippen molar-refractivity contribution in [2.75, 3.05) is 7.11 Å². The van der Waals surface area contributed by atoms with Gasteiger partial charge in [0.1, 0.15) is 5.54 Å². The van der Waals surface area contributed by atoms with Crippen LogP contribution in [0.2, 0.25) is 0 Å². The van der Waals surface area contributed by atoms with E-state index >= 15 is 0 Å². The molecule has 1 spiro atoms. The van der Waals surface area contributed by atoms with Crippen LogP contribution < -0.4 is 0 Å². The van der Waals surface area contributed by atoms with E-state index < -0.39 is 29.4 Å². The first-order valence-electron chi connectivity index (χ1n) is 6.38. The van der Waals surface area contributed by atoms with Gasteiger partial charge in [0.25, 0.3) is 0 Å². The molecule has 1 aromatic carbocycles. The van der Waals surface area contributed by atoms with E-state index in [0.717, 1.165) is 12.1 Å². The first kappa shape index (κ1) is 13.9. The maximum Gasteiger partial charge on any atom is 0.416 e. The normalized spacial score (nSPS) is 22.7. The second kappa shape index (κ2) is 4.47. The first-order chi connectivity index (χ1) is 9.86. The average molecular weight is 299 g/mol. The summed E-state index contributed by atoms with van der Waals surface area (Å²) in [5, 5.41) is 0. The fourth-order valence-electron chi connectivity index (χ4n) is 2.32. The molecule has 112 valence electrons. The molecular weight excluding hydrogens is 287 g/mol. The summed E-state index contributed by atoms with van der Waals surface area (Å²) < 4.78 is 47.7.